The molecule has 0 saturated heterocycles. The quantitative estimate of drug-likeness (QED) is 0.784. The van der Waals surface area contributed by atoms with E-state index in [0.29, 0.717) is 22.1 Å². The van der Waals surface area contributed by atoms with Gasteiger partial charge in [0.1, 0.15) is 23.7 Å². The van der Waals surface area contributed by atoms with Gasteiger partial charge in [0.05, 0.1) is 5.69 Å². The Kier molecular flexibility index (Phi) is 4.30. The molecule has 2 heterocycles. The number of nitrogens with zero attached hydrogens (tertiary/aromatic N) is 3. The van der Waals surface area contributed by atoms with Crippen LogP contribution in [0.15, 0.2) is 29.9 Å². The molecule has 3 aromatic rings. The Bertz CT molecular complexity index is 926. The highest BCUT2D eigenvalue weighted by Gasteiger charge is 2.16. The summed E-state index contributed by atoms with van der Waals surface area (Å²) in [5.41, 5.74) is 2.14. The molecule has 5 nitrogen and oxygen atoms in total. The van der Waals surface area contributed by atoms with Gasteiger partial charge >= 0.3 is 0 Å². The summed E-state index contributed by atoms with van der Waals surface area (Å²) in [6.07, 6.45) is 1.32. The van der Waals surface area contributed by atoms with Gasteiger partial charge in [-0.05, 0) is 26.0 Å². The highest BCUT2D eigenvalue weighted by Crippen LogP contribution is 2.27. The molecular formula is C16H12F2N4OS. The summed E-state index contributed by atoms with van der Waals surface area (Å²) >= 11 is 1.14. The minimum Gasteiger partial charge on any atom is -0.296 e. The number of benzene rings is 1. The minimum absolute atomic E-state index is 0.169. The summed E-state index contributed by atoms with van der Waals surface area (Å²) in [6, 6.07) is 3.26. The van der Waals surface area contributed by atoms with Crippen molar-refractivity contribution in [2.45, 2.75) is 13.8 Å². The van der Waals surface area contributed by atoms with Gasteiger partial charge in [-0.15, -0.1) is 11.3 Å². The van der Waals surface area contributed by atoms with E-state index in [0.717, 1.165) is 23.5 Å². The van der Waals surface area contributed by atoms with Gasteiger partial charge < -0.3 is 0 Å². The van der Waals surface area contributed by atoms with Crippen LogP contribution >= 0.6 is 11.3 Å². The molecular weight excluding hydrogens is 334 g/mol. The third-order valence-corrected chi connectivity index (χ3v) is 4.24. The summed E-state index contributed by atoms with van der Waals surface area (Å²) in [4.78, 5) is 24.4. The van der Waals surface area contributed by atoms with Gasteiger partial charge in [0, 0.05) is 28.3 Å². The lowest BCUT2D eigenvalue weighted by Gasteiger charge is -2.05. The lowest BCUT2D eigenvalue weighted by Crippen LogP contribution is -2.16. The van der Waals surface area contributed by atoms with Crippen molar-refractivity contribution in [3.8, 4) is 11.3 Å². The second-order valence-electron chi connectivity index (χ2n) is 5.05. The van der Waals surface area contributed by atoms with E-state index in [9.17, 15) is 13.6 Å². The highest BCUT2D eigenvalue weighted by atomic mass is 32.1. The topological polar surface area (TPSA) is 67.8 Å². The molecule has 8 heteroatoms. The molecule has 24 heavy (non-hydrogen) atoms. The Hall–Kier alpha value is -2.74. The lowest BCUT2D eigenvalue weighted by atomic mass is 10.1. The second-order valence-corrected chi connectivity index (χ2v) is 5.91. The number of halogens is 2. The zero-order chi connectivity index (χ0) is 17.3. The maximum atomic E-state index is 13.8. The SMILES string of the molecule is Cc1ncnc(C(=O)Nc2nc(-c3ccc(F)cc3F)cs2)c1C. The molecule has 0 unspecified atom stereocenters. The van der Waals surface area contributed by atoms with Crippen LogP contribution in [0.3, 0.4) is 0 Å². The molecule has 0 fully saturated rings. The average Bonchev–Trinajstić information content (AvgIpc) is 2.98. The first kappa shape index (κ1) is 16.1. The van der Waals surface area contributed by atoms with Crippen LogP contribution < -0.4 is 5.32 Å². The summed E-state index contributed by atoms with van der Waals surface area (Å²) < 4.78 is 26.8. The standard InChI is InChI=1S/C16H12F2N4OS/c1-8-9(2)19-7-20-14(8)15(23)22-16-21-13(6-24-16)11-4-3-10(17)5-12(11)18/h3-7H,1-2H3,(H,21,22,23). The maximum absolute atomic E-state index is 13.8. The zero-order valence-corrected chi connectivity index (χ0v) is 13.6. The van der Waals surface area contributed by atoms with Gasteiger partial charge in [-0.25, -0.2) is 23.7 Å². The Morgan fingerprint density at radius 2 is 2.00 bits per heavy atom. The van der Waals surface area contributed by atoms with Gasteiger partial charge in [0.25, 0.3) is 5.91 Å². The summed E-state index contributed by atoms with van der Waals surface area (Å²) in [6.45, 7) is 3.54. The number of thiazole rings is 1. The van der Waals surface area contributed by atoms with E-state index in [1.807, 2.05) is 0 Å². The van der Waals surface area contributed by atoms with E-state index in [1.165, 1.54) is 12.4 Å². The smallest absolute Gasteiger partial charge is 0.276 e. The number of aryl methyl sites for hydroxylation is 1. The number of hydrogen-bond donors (Lipinski definition) is 1. The van der Waals surface area contributed by atoms with E-state index in [1.54, 1.807) is 19.2 Å². The van der Waals surface area contributed by atoms with Crippen molar-refractivity contribution >= 4 is 22.4 Å². The van der Waals surface area contributed by atoms with Gasteiger partial charge in [-0.1, -0.05) is 0 Å². The third kappa shape index (κ3) is 3.13. The number of amides is 1. The molecule has 1 amide bonds. The normalized spacial score (nSPS) is 10.7. The largest absolute Gasteiger partial charge is 0.296 e. The van der Waals surface area contributed by atoms with Crippen LogP contribution in [0, 0.1) is 25.5 Å². The first-order valence-corrected chi connectivity index (χ1v) is 7.84. The highest BCUT2D eigenvalue weighted by molar-refractivity contribution is 7.14. The lowest BCUT2D eigenvalue weighted by molar-refractivity contribution is 0.102. The molecule has 0 spiro atoms. The molecule has 0 atom stereocenters. The fraction of sp³-hybridized carbons (Fsp3) is 0.125. The van der Waals surface area contributed by atoms with Crippen molar-refractivity contribution < 1.29 is 13.6 Å². The summed E-state index contributed by atoms with van der Waals surface area (Å²) in [7, 11) is 0. The third-order valence-electron chi connectivity index (χ3n) is 3.48. The first-order valence-electron chi connectivity index (χ1n) is 6.96. The Morgan fingerprint density at radius 1 is 1.21 bits per heavy atom. The Labute approximate surface area is 140 Å². The molecule has 1 N–H and O–H groups in total. The van der Waals surface area contributed by atoms with E-state index in [-0.39, 0.29) is 11.3 Å². The van der Waals surface area contributed by atoms with Gasteiger partial charge in [0.15, 0.2) is 5.13 Å². The molecule has 0 aliphatic rings. The first-order chi connectivity index (χ1) is 11.5. The molecule has 3 rings (SSSR count). The van der Waals surface area contributed by atoms with Crippen molar-refractivity contribution in [2.75, 3.05) is 5.32 Å². The van der Waals surface area contributed by atoms with E-state index in [2.05, 4.69) is 20.3 Å². The minimum atomic E-state index is -0.708. The number of carbonyl (C=O) groups excluding carboxylic acids is 1. The predicted octanol–water partition coefficient (Wildman–Crippen LogP) is 3.75. The van der Waals surface area contributed by atoms with Crippen LogP contribution in [0.5, 0.6) is 0 Å². The fourth-order valence-corrected chi connectivity index (χ4v) is 2.78. The number of anilines is 1. The van der Waals surface area contributed by atoms with E-state index < -0.39 is 17.5 Å². The number of rotatable bonds is 3. The molecule has 122 valence electrons. The molecule has 0 bridgehead atoms. The van der Waals surface area contributed by atoms with E-state index >= 15 is 0 Å². The fourth-order valence-electron chi connectivity index (χ4n) is 2.08. The summed E-state index contributed by atoms with van der Waals surface area (Å²) in [5.74, 6) is -1.78. The molecule has 2 aromatic heterocycles. The van der Waals surface area contributed by atoms with Crippen LogP contribution in [-0.2, 0) is 0 Å². The number of carbonyl (C=O) groups is 1. The van der Waals surface area contributed by atoms with Crippen molar-refractivity contribution in [1.29, 1.82) is 0 Å². The molecule has 0 aliphatic carbocycles. The number of hydrogen-bond acceptors (Lipinski definition) is 5. The maximum Gasteiger partial charge on any atom is 0.276 e. The Morgan fingerprint density at radius 3 is 2.75 bits per heavy atom. The number of nitrogens with one attached hydrogen (secondary N) is 1. The van der Waals surface area contributed by atoms with E-state index in [4.69, 9.17) is 0 Å². The van der Waals surface area contributed by atoms with Crippen LogP contribution in [0.2, 0.25) is 0 Å². The molecule has 1 aromatic carbocycles. The predicted molar refractivity (Wildman–Crippen MR) is 86.9 cm³/mol. The number of aromatic nitrogens is 3. The van der Waals surface area contributed by atoms with Crippen molar-refractivity contribution in [1.82, 2.24) is 15.0 Å². The van der Waals surface area contributed by atoms with Crippen molar-refractivity contribution in [3.63, 3.8) is 0 Å². The van der Waals surface area contributed by atoms with Crippen LogP contribution in [0.1, 0.15) is 21.7 Å². The molecule has 0 aliphatic heterocycles. The average molecular weight is 346 g/mol. The molecule has 0 saturated carbocycles. The Balaban J connectivity index is 1.84. The van der Waals surface area contributed by atoms with Crippen LogP contribution in [0.4, 0.5) is 13.9 Å². The molecule has 0 radical (unpaired) electrons. The van der Waals surface area contributed by atoms with Crippen molar-refractivity contribution in [2.24, 2.45) is 0 Å². The van der Waals surface area contributed by atoms with Gasteiger partial charge in [-0.2, -0.15) is 0 Å². The zero-order valence-electron chi connectivity index (χ0n) is 12.8. The monoisotopic (exact) mass is 346 g/mol. The van der Waals surface area contributed by atoms with Gasteiger partial charge in [0.2, 0.25) is 0 Å². The van der Waals surface area contributed by atoms with Crippen LogP contribution in [0.25, 0.3) is 11.3 Å². The van der Waals surface area contributed by atoms with Crippen molar-refractivity contribution in [3.05, 3.63) is 58.5 Å². The van der Waals surface area contributed by atoms with Crippen LogP contribution in [-0.4, -0.2) is 20.9 Å². The second kappa shape index (κ2) is 6.40. The van der Waals surface area contributed by atoms with Gasteiger partial charge in [-0.3, -0.25) is 10.1 Å². The summed E-state index contributed by atoms with van der Waals surface area (Å²) in [5, 5.41) is 4.52.